The number of aliphatic imine (C=N–C) groups is 1. The molecule has 0 amide bonds. The highest BCUT2D eigenvalue weighted by molar-refractivity contribution is 5.85. The van der Waals surface area contributed by atoms with E-state index in [2.05, 4.69) is 110 Å². The van der Waals surface area contributed by atoms with Crippen LogP contribution in [0.3, 0.4) is 0 Å². The maximum absolute atomic E-state index is 7.15. The first-order valence-electron chi connectivity index (χ1n) is 15.5. The molecule has 1 spiro atoms. The molecule has 0 bridgehead atoms. The van der Waals surface area contributed by atoms with E-state index >= 15 is 0 Å². The summed E-state index contributed by atoms with van der Waals surface area (Å²) in [5, 5.41) is 0. The second kappa shape index (κ2) is 10.2. The van der Waals surface area contributed by atoms with Crippen LogP contribution in [-0.4, -0.2) is 16.9 Å². The number of ether oxygens (including phenoxy) is 1. The first kappa shape index (κ1) is 26.1. The summed E-state index contributed by atoms with van der Waals surface area (Å²) in [5.41, 5.74) is 7.41. The molecule has 3 aromatic carbocycles. The first-order valence-corrected chi connectivity index (χ1v) is 15.5. The van der Waals surface area contributed by atoms with Gasteiger partial charge in [0, 0.05) is 29.0 Å². The third kappa shape index (κ3) is 4.06. The predicted molar refractivity (Wildman–Crippen MR) is 165 cm³/mol. The highest BCUT2D eigenvalue weighted by atomic mass is 16.5. The number of nitrogens with zero attached hydrogens (tertiary/aromatic N) is 3. The van der Waals surface area contributed by atoms with Crippen molar-refractivity contribution >= 4 is 6.21 Å². The number of aromatic nitrogens is 2. The molecule has 0 radical (unpaired) electrons. The molecule has 208 valence electrons. The van der Waals surface area contributed by atoms with E-state index in [1.807, 2.05) is 6.33 Å². The van der Waals surface area contributed by atoms with Crippen molar-refractivity contribution < 1.29 is 9.30 Å². The molecule has 1 saturated carbocycles. The number of para-hydroxylation sites is 1. The van der Waals surface area contributed by atoms with Crippen molar-refractivity contribution in [3.8, 4) is 28.3 Å². The molecule has 0 saturated heterocycles. The zero-order valence-corrected chi connectivity index (χ0v) is 24.5. The lowest BCUT2D eigenvalue weighted by molar-refractivity contribution is -0.702. The van der Waals surface area contributed by atoms with Crippen LogP contribution in [-0.2, 0) is 12.0 Å². The quantitative estimate of drug-likeness (QED) is 0.230. The summed E-state index contributed by atoms with van der Waals surface area (Å²) in [5.74, 6) is 1.96. The number of rotatable bonds is 6. The largest absolute Gasteiger partial charge is 0.460 e. The van der Waals surface area contributed by atoms with Gasteiger partial charge in [-0.25, -0.2) is 9.56 Å². The maximum Gasteiger partial charge on any atom is 0.287 e. The van der Waals surface area contributed by atoms with Gasteiger partial charge in [0.15, 0.2) is 12.2 Å². The molecule has 4 heteroatoms. The standard InChI is InChI=1S/C37H40N3O/c1-4-12-26(3)27-14-10-15-28(21-27)33-22-34-31-18-7-8-19-32(31)36(5-2,30-16-11-17-30)37(24-40(34)25-38-33)39-23-29-13-6-9-20-35(29)41-37/h6-10,13-15,18-23,25-26,30H,4-5,11-12,16-17,24H2,1-3H3/q+1. The molecule has 3 aliphatic rings. The number of fused-ring (bicyclic) bond motifs is 4. The van der Waals surface area contributed by atoms with Gasteiger partial charge in [0.2, 0.25) is 5.72 Å². The summed E-state index contributed by atoms with van der Waals surface area (Å²) in [6.45, 7) is 7.54. The van der Waals surface area contributed by atoms with Crippen LogP contribution in [0.25, 0.3) is 22.5 Å². The molecule has 3 atom stereocenters. The molecule has 0 N–H and O–H groups in total. The van der Waals surface area contributed by atoms with Gasteiger partial charge < -0.3 is 4.74 Å². The van der Waals surface area contributed by atoms with Gasteiger partial charge in [-0.05, 0) is 71.8 Å². The SMILES string of the molecule is CCCC(C)c1cccc(-c2cc3[n+](cn2)CC2(N=Cc4ccccc4O2)C(CC)(C2CCC2)c2ccccc2-3)c1. The van der Waals surface area contributed by atoms with Gasteiger partial charge in [0.1, 0.15) is 11.4 Å². The second-order valence-corrected chi connectivity index (χ2v) is 12.3. The Morgan fingerprint density at radius 3 is 2.61 bits per heavy atom. The van der Waals surface area contributed by atoms with Crippen molar-refractivity contribution in [2.24, 2.45) is 10.9 Å². The number of hydrogen-bond donors (Lipinski definition) is 0. The average Bonchev–Trinajstić information content (AvgIpc) is 3.08. The van der Waals surface area contributed by atoms with Gasteiger partial charge in [0.25, 0.3) is 6.33 Å². The van der Waals surface area contributed by atoms with Crippen LogP contribution >= 0.6 is 0 Å². The predicted octanol–water partition coefficient (Wildman–Crippen LogP) is 8.28. The minimum Gasteiger partial charge on any atom is -0.460 e. The van der Waals surface area contributed by atoms with E-state index in [0.29, 0.717) is 18.4 Å². The van der Waals surface area contributed by atoms with E-state index in [-0.39, 0.29) is 5.41 Å². The van der Waals surface area contributed by atoms with Crippen molar-refractivity contribution in [1.82, 2.24) is 4.98 Å². The maximum atomic E-state index is 7.15. The fourth-order valence-corrected chi connectivity index (χ4v) is 7.78. The summed E-state index contributed by atoms with van der Waals surface area (Å²) >= 11 is 0. The normalized spacial score (nSPS) is 23.5. The van der Waals surface area contributed by atoms with E-state index < -0.39 is 5.72 Å². The molecule has 1 aliphatic carbocycles. The smallest absolute Gasteiger partial charge is 0.287 e. The van der Waals surface area contributed by atoms with E-state index in [4.69, 9.17) is 14.7 Å². The topological polar surface area (TPSA) is 38.4 Å². The first-order chi connectivity index (χ1) is 20.1. The molecule has 1 aromatic heterocycles. The number of benzene rings is 3. The minimum atomic E-state index is -0.758. The molecule has 3 heterocycles. The molecular weight excluding hydrogens is 502 g/mol. The Morgan fingerprint density at radius 2 is 1.80 bits per heavy atom. The van der Waals surface area contributed by atoms with E-state index in [9.17, 15) is 0 Å². The van der Waals surface area contributed by atoms with Crippen LogP contribution in [0.5, 0.6) is 5.75 Å². The van der Waals surface area contributed by atoms with Crippen LogP contribution in [0.4, 0.5) is 0 Å². The Morgan fingerprint density at radius 1 is 0.976 bits per heavy atom. The summed E-state index contributed by atoms with van der Waals surface area (Å²) < 4.78 is 9.45. The van der Waals surface area contributed by atoms with Crippen LogP contribution in [0.2, 0.25) is 0 Å². The Kier molecular flexibility index (Phi) is 6.53. The second-order valence-electron chi connectivity index (χ2n) is 12.3. The van der Waals surface area contributed by atoms with Crippen molar-refractivity contribution in [2.75, 3.05) is 0 Å². The Bertz CT molecular complexity index is 1620. The Labute approximate surface area is 244 Å². The van der Waals surface area contributed by atoms with Crippen molar-refractivity contribution in [1.29, 1.82) is 0 Å². The monoisotopic (exact) mass is 542 g/mol. The van der Waals surface area contributed by atoms with Gasteiger partial charge in [-0.3, -0.25) is 0 Å². The van der Waals surface area contributed by atoms with Crippen molar-refractivity contribution in [3.63, 3.8) is 0 Å². The summed E-state index contributed by atoms with van der Waals surface area (Å²) in [7, 11) is 0. The molecule has 41 heavy (non-hydrogen) atoms. The Balaban J connectivity index is 1.43. The fourth-order valence-electron chi connectivity index (χ4n) is 7.78. The molecule has 3 unspecified atom stereocenters. The average molecular weight is 543 g/mol. The third-order valence-electron chi connectivity index (χ3n) is 10.1. The molecular formula is C37H40N3O+. The summed E-state index contributed by atoms with van der Waals surface area (Å²) in [6, 6.07) is 28.6. The van der Waals surface area contributed by atoms with Crippen LogP contribution in [0.1, 0.15) is 81.9 Å². The lowest BCUT2D eigenvalue weighted by atomic mass is 9.55. The van der Waals surface area contributed by atoms with Crippen LogP contribution < -0.4 is 9.30 Å². The molecule has 4 nitrogen and oxygen atoms in total. The summed E-state index contributed by atoms with van der Waals surface area (Å²) in [4.78, 5) is 10.4. The van der Waals surface area contributed by atoms with E-state index in [1.165, 1.54) is 60.1 Å². The highest BCUT2D eigenvalue weighted by Gasteiger charge is 2.63. The third-order valence-corrected chi connectivity index (χ3v) is 10.1. The molecule has 7 rings (SSSR count). The van der Waals surface area contributed by atoms with E-state index in [1.54, 1.807) is 0 Å². The van der Waals surface area contributed by atoms with Gasteiger partial charge in [-0.2, -0.15) is 0 Å². The lowest BCUT2D eigenvalue weighted by Crippen LogP contribution is -2.65. The number of hydrogen-bond acceptors (Lipinski definition) is 3. The molecule has 1 fully saturated rings. The molecule has 2 aliphatic heterocycles. The van der Waals surface area contributed by atoms with Crippen LogP contribution in [0.15, 0.2) is 90.2 Å². The van der Waals surface area contributed by atoms with Gasteiger partial charge in [-0.15, -0.1) is 0 Å². The highest BCUT2D eigenvalue weighted by Crippen LogP contribution is 2.58. The van der Waals surface area contributed by atoms with Gasteiger partial charge >= 0.3 is 0 Å². The zero-order valence-electron chi connectivity index (χ0n) is 24.5. The Hall–Kier alpha value is -3.79. The summed E-state index contributed by atoms with van der Waals surface area (Å²) in [6.07, 6.45) is 11.1. The lowest BCUT2D eigenvalue weighted by Gasteiger charge is -2.54. The zero-order chi connectivity index (χ0) is 28.0. The fraction of sp³-hybridized carbons (Fsp3) is 0.378. The van der Waals surface area contributed by atoms with Crippen LogP contribution in [0, 0.1) is 5.92 Å². The van der Waals surface area contributed by atoms with Crippen molar-refractivity contribution in [2.45, 2.75) is 82.9 Å². The molecule has 4 aromatic rings. The van der Waals surface area contributed by atoms with Crippen molar-refractivity contribution in [3.05, 3.63) is 102 Å². The van der Waals surface area contributed by atoms with E-state index in [0.717, 1.165) is 23.4 Å². The van der Waals surface area contributed by atoms with Gasteiger partial charge in [-0.1, -0.05) is 88.2 Å². The minimum absolute atomic E-state index is 0.256. The van der Waals surface area contributed by atoms with Gasteiger partial charge in [0.05, 0.1) is 5.41 Å².